The lowest BCUT2D eigenvalue weighted by Gasteiger charge is -2.27. The van der Waals surface area contributed by atoms with E-state index in [0.29, 0.717) is 36.2 Å². The number of nitrogens with zero attached hydrogens (tertiary/aromatic N) is 5. The minimum atomic E-state index is -0.0996. The molecule has 0 bridgehead atoms. The first-order valence-corrected chi connectivity index (χ1v) is 9.52. The highest BCUT2D eigenvalue weighted by atomic mass is 16.3. The third-order valence-corrected chi connectivity index (χ3v) is 5.59. The second-order valence-electron chi connectivity index (χ2n) is 7.41. The van der Waals surface area contributed by atoms with Gasteiger partial charge in [0.05, 0.1) is 6.54 Å². The van der Waals surface area contributed by atoms with Crippen LogP contribution in [0.15, 0.2) is 22.6 Å². The Kier molecular flexibility index (Phi) is 3.84. The maximum absolute atomic E-state index is 12.9. The lowest BCUT2D eigenvalue weighted by molar-refractivity contribution is 0.0700. The molecule has 1 aliphatic carbocycles. The van der Waals surface area contributed by atoms with Gasteiger partial charge in [0.1, 0.15) is 17.3 Å². The van der Waals surface area contributed by atoms with E-state index in [1.165, 1.54) is 25.7 Å². The molecule has 0 atom stereocenters. The average Bonchev–Trinajstić information content (AvgIpc) is 3.45. The highest BCUT2D eigenvalue weighted by molar-refractivity contribution is 5.93. The van der Waals surface area contributed by atoms with Crippen LogP contribution >= 0.6 is 0 Å². The summed E-state index contributed by atoms with van der Waals surface area (Å²) in [6.45, 7) is 3.75. The molecule has 140 valence electrons. The van der Waals surface area contributed by atoms with Crippen LogP contribution in [0.4, 0.5) is 0 Å². The number of rotatable bonds is 3. The molecule has 8 heteroatoms. The quantitative estimate of drug-likeness (QED) is 0.769. The van der Waals surface area contributed by atoms with Crippen LogP contribution in [-0.2, 0) is 13.1 Å². The van der Waals surface area contributed by atoms with Gasteiger partial charge in [0.15, 0.2) is 17.3 Å². The van der Waals surface area contributed by atoms with Crippen molar-refractivity contribution in [3.63, 3.8) is 0 Å². The number of amides is 1. The molecular weight excluding hydrogens is 344 g/mol. The monoisotopic (exact) mass is 366 g/mol. The summed E-state index contributed by atoms with van der Waals surface area (Å²) in [5.74, 6) is 3.90. The predicted octanol–water partition coefficient (Wildman–Crippen LogP) is 2.88. The molecule has 2 aliphatic rings. The second-order valence-corrected chi connectivity index (χ2v) is 7.41. The first-order valence-electron chi connectivity index (χ1n) is 9.52. The van der Waals surface area contributed by atoms with E-state index >= 15 is 0 Å². The van der Waals surface area contributed by atoms with Crippen LogP contribution in [-0.4, -0.2) is 42.3 Å². The van der Waals surface area contributed by atoms with Crippen LogP contribution < -0.4 is 0 Å². The molecule has 5 rings (SSSR count). The summed E-state index contributed by atoms with van der Waals surface area (Å²) >= 11 is 0. The first-order chi connectivity index (χ1) is 13.2. The number of aromatic amines is 1. The summed E-state index contributed by atoms with van der Waals surface area (Å²) in [6.07, 6.45) is 4.94. The molecule has 1 fully saturated rings. The van der Waals surface area contributed by atoms with Gasteiger partial charge in [0.2, 0.25) is 0 Å². The van der Waals surface area contributed by atoms with Crippen molar-refractivity contribution in [2.75, 3.05) is 6.54 Å². The van der Waals surface area contributed by atoms with Crippen molar-refractivity contribution in [3.05, 3.63) is 41.3 Å². The Morgan fingerprint density at radius 3 is 2.85 bits per heavy atom. The Morgan fingerprint density at radius 1 is 1.22 bits per heavy atom. The molecule has 0 spiro atoms. The number of fused-ring (bicyclic) bond motifs is 1. The van der Waals surface area contributed by atoms with Gasteiger partial charge in [0, 0.05) is 25.1 Å². The third kappa shape index (κ3) is 2.85. The van der Waals surface area contributed by atoms with Crippen LogP contribution in [0, 0.1) is 6.92 Å². The minimum Gasteiger partial charge on any atom is -0.460 e. The van der Waals surface area contributed by atoms with Gasteiger partial charge in [-0.3, -0.25) is 9.89 Å². The molecule has 0 radical (unpaired) electrons. The zero-order valence-electron chi connectivity index (χ0n) is 15.3. The van der Waals surface area contributed by atoms with Gasteiger partial charge in [-0.25, -0.2) is 0 Å². The highest BCUT2D eigenvalue weighted by Crippen LogP contribution is 2.34. The number of nitrogens with one attached hydrogen (secondary N) is 1. The fourth-order valence-electron chi connectivity index (χ4n) is 4.14. The largest absolute Gasteiger partial charge is 0.460 e. The predicted molar refractivity (Wildman–Crippen MR) is 97.0 cm³/mol. The van der Waals surface area contributed by atoms with E-state index in [-0.39, 0.29) is 5.91 Å². The second kappa shape index (κ2) is 6.37. The van der Waals surface area contributed by atoms with Crippen molar-refractivity contribution in [1.82, 2.24) is 29.9 Å². The lowest BCUT2D eigenvalue weighted by Crippen LogP contribution is -2.39. The topological polar surface area (TPSA) is 92.8 Å². The van der Waals surface area contributed by atoms with Crippen molar-refractivity contribution in [3.8, 4) is 11.5 Å². The van der Waals surface area contributed by atoms with Crippen molar-refractivity contribution in [2.45, 2.75) is 51.6 Å². The fraction of sp³-hybridized carbons (Fsp3) is 0.474. The Morgan fingerprint density at radius 2 is 2.07 bits per heavy atom. The van der Waals surface area contributed by atoms with Crippen molar-refractivity contribution in [2.24, 2.45) is 0 Å². The third-order valence-electron chi connectivity index (χ3n) is 5.59. The van der Waals surface area contributed by atoms with Gasteiger partial charge in [0.25, 0.3) is 5.91 Å². The molecule has 4 heterocycles. The highest BCUT2D eigenvalue weighted by Gasteiger charge is 2.30. The molecule has 0 saturated heterocycles. The van der Waals surface area contributed by atoms with E-state index < -0.39 is 0 Å². The Bertz CT molecular complexity index is 978. The lowest BCUT2D eigenvalue weighted by atomic mass is 10.1. The fourth-order valence-corrected chi connectivity index (χ4v) is 4.14. The molecule has 0 aromatic carbocycles. The van der Waals surface area contributed by atoms with Gasteiger partial charge >= 0.3 is 0 Å². The van der Waals surface area contributed by atoms with Crippen molar-refractivity contribution >= 4 is 5.91 Å². The van der Waals surface area contributed by atoms with Gasteiger partial charge < -0.3 is 13.9 Å². The van der Waals surface area contributed by atoms with E-state index in [9.17, 15) is 4.79 Å². The van der Waals surface area contributed by atoms with Crippen LogP contribution in [0.5, 0.6) is 0 Å². The zero-order valence-corrected chi connectivity index (χ0v) is 15.3. The molecular formula is C19H22N6O2. The summed E-state index contributed by atoms with van der Waals surface area (Å²) in [7, 11) is 0. The number of aryl methyl sites for hydroxylation is 1. The number of hydrogen-bond acceptors (Lipinski definition) is 5. The van der Waals surface area contributed by atoms with E-state index in [0.717, 1.165) is 24.0 Å². The number of furan rings is 1. The summed E-state index contributed by atoms with van der Waals surface area (Å²) in [6, 6.07) is 5.49. The van der Waals surface area contributed by atoms with Gasteiger partial charge in [-0.05, 0) is 31.9 Å². The number of aromatic nitrogens is 5. The van der Waals surface area contributed by atoms with Crippen LogP contribution in [0.25, 0.3) is 11.5 Å². The molecule has 0 unspecified atom stereocenters. The van der Waals surface area contributed by atoms with Gasteiger partial charge in [-0.15, -0.1) is 10.2 Å². The van der Waals surface area contributed by atoms with Crippen LogP contribution in [0.1, 0.15) is 59.5 Å². The zero-order chi connectivity index (χ0) is 18.4. The van der Waals surface area contributed by atoms with Crippen molar-refractivity contribution in [1.29, 1.82) is 0 Å². The number of H-pyrrole nitrogens is 1. The molecule has 3 aromatic rings. The summed E-state index contributed by atoms with van der Waals surface area (Å²) in [5, 5.41) is 15.9. The molecule has 1 N–H and O–H groups in total. The minimum absolute atomic E-state index is 0.0996. The Balaban J connectivity index is 1.33. The maximum atomic E-state index is 12.9. The summed E-state index contributed by atoms with van der Waals surface area (Å²) in [5.41, 5.74) is 1.10. The number of carbonyl (C=O) groups is 1. The number of hydrogen-bond donors (Lipinski definition) is 1. The van der Waals surface area contributed by atoms with E-state index in [1.807, 2.05) is 19.1 Å². The smallest absolute Gasteiger partial charge is 0.274 e. The molecule has 1 aliphatic heterocycles. The first kappa shape index (κ1) is 16.3. The van der Waals surface area contributed by atoms with Gasteiger partial charge in [-0.1, -0.05) is 12.8 Å². The van der Waals surface area contributed by atoms with E-state index in [4.69, 9.17) is 4.42 Å². The van der Waals surface area contributed by atoms with Crippen LogP contribution in [0.2, 0.25) is 0 Å². The van der Waals surface area contributed by atoms with Gasteiger partial charge in [-0.2, -0.15) is 5.10 Å². The van der Waals surface area contributed by atoms with Crippen LogP contribution in [0.3, 0.4) is 0 Å². The van der Waals surface area contributed by atoms with E-state index in [2.05, 4.69) is 25.0 Å². The average molecular weight is 366 g/mol. The maximum Gasteiger partial charge on any atom is 0.274 e. The van der Waals surface area contributed by atoms with E-state index in [1.54, 1.807) is 11.0 Å². The molecule has 8 nitrogen and oxygen atoms in total. The molecule has 1 saturated carbocycles. The summed E-state index contributed by atoms with van der Waals surface area (Å²) in [4.78, 5) is 14.7. The Hall–Kier alpha value is -2.90. The molecule has 1 amide bonds. The standard InChI is InChI=1S/C19H22N6O2/c1-12-6-7-16(27-12)14-10-15(21-20-14)19(26)24-8-9-25-17(11-24)22-23-18(25)13-4-2-3-5-13/h6-7,10,13H,2-5,8-9,11H2,1H3,(H,20,21). The SMILES string of the molecule is Cc1ccc(-c2cc(C(=O)N3CCn4c(nnc4C4CCCC4)C3)n[nH]2)o1. The van der Waals surface area contributed by atoms with Crippen molar-refractivity contribution < 1.29 is 9.21 Å². The molecule has 3 aromatic heterocycles. The molecule has 27 heavy (non-hydrogen) atoms. The number of carbonyl (C=O) groups excluding carboxylic acids is 1. The Labute approximate surface area is 156 Å². The summed E-state index contributed by atoms with van der Waals surface area (Å²) < 4.78 is 7.80. The normalized spacial score (nSPS) is 17.4.